The van der Waals surface area contributed by atoms with Crippen LogP contribution in [0, 0.1) is 10.1 Å². The van der Waals surface area contributed by atoms with E-state index in [9.17, 15) is 14.9 Å². The van der Waals surface area contributed by atoms with Gasteiger partial charge in [0.05, 0.1) is 10.5 Å². The molecule has 0 spiro atoms. The van der Waals surface area contributed by atoms with E-state index < -0.39 is 4.92 Å². The molecule has 1 N–H and O–H groups in total. The minimum atomic E-state index is -0.446. The fraction of sp³-hybridized carbons (Fsp3) is 0.500. The monoisotopic (exact) mass is 277 g/mol. The average Bonchev–Trinajstić information content (AvgIpc) is 2.98. The highest BCUT2D eigenvalue weighted by atomic mass is 16.6. The Labute approximate surface area is 117 Å². The first-order valence-corrected chi connectivity index (χ1v) is 6.95. The molecule has 1 heterocycles. The van der Waals surface area contributed by atoms with Crippen molar-refractivity contribution in [2.75, 3.05) is 25.0 Å². The molecule has 0 saturated carbocycles. The molecule has 1 aromatic rings. The lowest BCUT2D eigenvalue weighted by atomic mass is 10.1. The van der Waals surface area contributed by atoms with Crippen molar-refractivity contribution < 1.29 is 9.72 Å². The topological polar surface area (TPSA) is 75.5 Å². The highest BCUT2D eigenvalue weighted by Crippen LogP contribution is 2.30. The van der Waals surface area contributed by atoms with Gasteiger partial charge >= 0.3 is 0 Å². The Morgan fingerprint density at radius 3 is 2.70 bits per heavy atom. The van der Waals surface area contributed by atoms with E-state index in [4.69, 9.17) is 0 Å². The first-order valence-electron chi connectivity index (χ1n) is 6.95. The molecule has 20 heavy (non-hydrogen) atoms. The molecular weight excluding hydrogens is 258 g/mol. The molecule has 0 aromatic heterocycles. The van der Waals surface area contributed by atoms with Crippen molar-refractivity contribution >= 4 is 17.3 Å². The van der Waals surface area contributed by atoms with Crippen LogP contribution in [0.2, 0.25) is 0 Å². The predicted molar refractivity (Wildman–Crippen MR) is 77.0 cm³/mol. The predicted octanol–water partition coefficient (Wildman–Crippen LogP) is 2.65. The number of benzene rings is 1. The Morgan fingerprint density at radius 2 is 2.10 bits per heavy atom. The van der Waals surface area contributed by atoms with Crippen molar-refractivity contribution in [3.63, 3.8) is 0 Å². The number of carbonyl (C=O) groups excluding carboxylic acids is 1. The number of rotatable bonds is 5. The Balaban J connectivity index is 2.37. The molecular formula is C14H19N3O3. The van der Waals surface area contributed by atoms with E-state index in [1.807, 2.05) is 6.92 Å². The standard InChI is InChI=1S/C14H19N3O3/c1-2-8-15-13-11(6-5-7-12(13)17(19)20)14(18)16-9-3-4-10-16/h5-7,15H,2-4,8-10H2,1H3. The minimum Gasteiger partial charge on any atom is -0.379 e. The quantitative estimate of drug-likeness (QED) is 0.663. The first-order chi connectivity index (χ1) is 9.65. The van der Waals surface area contributed by atoms with Crippen LogP contribution < -0.4 is 5.32 Å². The van der Waals surface area contributed by atoms with Gasteiger partial charge in [0.25, 0.3) is 11.6 Å². The molecule has 1 fully saturated rings. The van der Waals surface area contributed by atoms with Crippen molar-refractivity contribution in [1.29, 1.82) is 0 Å². The number of nitro groups is 1. The summed E-state index contributed by atoms with van der Waals surface area (Å²) in [6, 6.07) is 4.66. The van der Waals surface area contributed by atoms with Crippen molar-refractivity contribution in [3.05, 3.63) is 33.9 Å². The molecule has 1 saturated heterocycles. The van der Waals surface area contributed by atoms with E-state index in [0.29, 0.717) is 17.8 Å². The van der Waals surface area contributed by atoms with E-state index in [2.05, 4.69) is 5.32 Å². The average molecular weight is 277 g/mol. The normalized spacial score (nSPS) is 14.3. The smallest absolute Gasteiger partial charge is 0.293 e. The molecule has 1 aliphatic heterocycles. The fourth-order valence-corrected chi connectivity index (χ4v) is 2.40. The van der Waals surface area contributed by atoms with E-state index in [1.165, 1.54) is 6.07 Å². The van der Waals surface area contributed by atoms with E-state index >= 15 is 0 Å². The van der Waals surface area contributed by atoms with Crippen molar-refractivity contribution in [2.24, 2.45) is 0 Å². The molecule has 0 unspecified atom stereocenters. The molecule has 2 rings (SSSR count). The third-order valence-electron chi connectivity index (χ3n) is 3.41. The molecule has 6 nitrogen and oxygen atoms in total. The number of amides is 1. The first kappa shape index (κ1) is 14.3. The highest BCUT2D eigenvalue weighted by molar-refractivity contribution is 6.01. The van der Waals surface area contributed by atoms with E-state index in [1.54, 1.807) is 17.0 Å². The second-order valence-corrected chi connectivity index (χ2v) is 4.88. The van der Waals surface area contributed by atoms with Crippen LogP contribution in [0.15, 0.2) is 18.2 Å². The summed E-state index contributed by atoms with van der Waals surface area (Å²) in [5.41, 5.74) is 0.703. The Hall–Kier alpha value is -2.11. The van der Waals surface area contributed by atoms with Crippen LogP contribution in [0.5, 0.6) is 0 Å². The molecule has 0 radical (unpaired) electrons. The Bertz CT molecular complexity index is 510. The summed E-state index contributed by atoms with van der Waals surface area (Å²) in [5.74, 6) is -0.121. The molecule has 6 heteroatoms. The molecule has 0 bridgehead atoms. The van der Waals surface area contributed by atoms with Crippen molar-refractivity contribution in [2.45, 2.75) is 26.2 Å². The summed E-state index contributed by atoms with van der Waals surface area (Å²) in [6.07, 6.45) is 2.83. The number of para-hydroxylation sites is 1. The van der Waals surface area contributed by atoms with Crippen LogP contribution in [-0.4, -0.2) is 35.4 Å². The van der Waals surface area contributed by atoms with Crippen LogP contribution in [0.1, 0.15) is 36.5 Å². The second-order valence-electron chi connectivity index (χ2n) is 4.88. The van der Waals surface area contributed by atoms with Gasteiger partial charge in [0.2, 0.25) is 0 Å². The van der Waals surface area contributed by atoms with Gasteiger partial charge in [0.1, 0.15) is 5.69 Å². The van der Waals surface area contributed by atoms with Crippen LogP contribution in [0.3, 0.4) is 0 Å². The molecule has 1 amide bonds. The van der Waals surface area contributed by atoms with Gasteiger partial charge in [-0.25, -0.2) is 0 Å². The van der Waals surface area contributed by atoms with Crippen molar-refractivity contribution in [3.8, 4) is 0 Å². The lowest BCUT2D eigenvalue weighted by Gasteiger charge is -2.18. The highest BCUT2D eigenvalue weighted by Gasteiger charge is 2.26. The summed E-state index contributed by atoms with van der Waals surface area (Å²) in [5, 5.41) is 14.1. The van der Waals surface area contributed by atoms with Gasteiger partial charge in [-0.3, -0.25) is 14.9 Å². The Morgan fingerprint density at radius 1 is 1.40 bits per heavy atom. The number of nitro benzene ring substituents is 1. The van der Waals surface area contributed by atoms with Gasteiger partial charge in [0.15, 0.2) is 0 Å². The summed E-state index contributed by atoms with van der Waals surface area (Å²) < 4.78 is 0. The maximum atomic E-state index is 12.5. The van der Waals surface area contributed by atoms with Gasteiger partial charge in [0, 0.05) is 25.7 Å². The maximum Gasteiger partial charge on any atom is 0.293 e. The number of hydrogen-bond donors (Lipinski definition) is 1. The van der Waals surface area contributed by atoms with Crippen molar-refractivity contribution in [1.82, 2.24) is 4.90 Å². The SMILES string of the molecule is CCCNc1c(C(=O)N2CCCC2)cccc1[N+](=O)[O-]. The summed E-state index contributed by atoms with van der Waals surface area (Å²) in [6.45, 7) is 4.04. The number of nitrogens with zero attached hydrogens (tertiary/aromatic N) is 2. The number of likely N-dealkylation sites (tertiary alicyclic amines) is 1. The molecule has 0 atom stereocenters. The van der Waals surface area contributed by atoms with Gasteiger partial charge in [-0.2, -0.15) is 0 Å². The fourth-order valence-electron chi connectivity index (χ4n) is 2.40. The summed E-state index contributed by atoms with van der Waals surface area (Å²) in [7, 11) is 0. The third kappa shape index (κ3) is 2.89. The molecule has 0 aliphatic carbocycles. The maximum absolute atomic E-state index is 12.5. The zero-order valence-electron chi connectivity index (χ0n) is 11.6. The number of carbonyl (C=O) groups is 1. The summed E-state index contributed by atoms with van der Waals surface area (Å²) in [4.78, 5) is 24.9. The van der Waals surface area contributed by atoms with Gasteiger partial charge in [-0.15, -0.1) is 0 Å². The van der Waals surface area contributed by atoms with Gasteiger partial charge in [-0.05, 0) is 25.3 Å². The lowest BCUT2D eigenvalue weighted by Crippen LogP contribution is -2.28. The Kier molecular flexibility index (Phi) is 4.55. The minimum absolute atomic E-state index is 0.0384. The third-order valence-corrected chi connectivity index (χ3v) is 3.41. The van der Waals surface area contributed by atoms with Crippen LogP contribution in [-0.2, 0) is 0 Å². The molecule has 108 valence electrons. The second kappa shape index (κ2) is 6.36. The van der Waals surface area contributed by atoms with Crippen LogP contribution in [0.25, 0.3) is 0 Å². The molecule has 1 aliphatic rings. The van der Waals surface area contributed by atoms with E-state index in [-0.39, 0.29) is 11.6 Å². The zero-order chi connectivity index (χ0) is 14.5. The summed E-state index contributed by atoms with van der Waals surface area (Å²) >= 11 is 0. The number of nitrogens with one attached hydrogen (secondary N) is 1. The van der Waals surface area contributed by atoms with Crippen LogP contribution >= 0.6 is 0 Å². The van der Waals surface area contributed by atoms with E-state index in [0.717, 1.165) is 32.4 Å². The van der Waals surface area contributed by atoms with Gasteiger partial charge < -0.3 is 10.2 Å². The zero-order valence-corrected chi connectivity index (χ0v) is 11.6. The lowest BCUT2D eigenvalue weighted by molar-refractivity contribution is -0.384. The largest absolute Gasteiger partial charge is 0.379 e. The van der Waals surface area contributed by atoms with Crippen LogP contribution in [0.4, 0.5) is 11.4 Å². The molecule has 1 aromatic carbocycles. The van der Waals surface area contributed by atoms with Gasteiger partial charge in [-0.1, -0.05) is 13.0 Å². The number of anilines is 1. The number of hydrogen-bond acceptors (Lipinski definition) is 4.